The highest BCUT2D eigenvalue weighted by molar-refractivity contribution is 6.33. The summed E-state index contributed by atoms with van der Waals surface area (Å²) in [7, 11) is 0. The molecule has 0 aliphatic heterocycles. The Bertz CT molecular complexity index is 1040. The fourth-order valence-corrected chi connectivity index (χ4v) is 2.72. The predicted molar refractivity (Wildman–Crippen MR) is 96.5 cm³/mol. The van der Waals surface area contributed by atoms with Crippen LogP contribution in [0, 0.1) is 6.92 Å². The van der Waals surface area contributed by atoms with Gasteiger partial charge in [0, 0.05) is 11.2 Å². The maximum Gasteiger partial charge on any atom is 0.417 e. The molecule has 148 valence electrons. The van der Waals surface area contributed by atoms with E-state index in [2.05, 4.69) is 15.5 Å². The van der Waals surface area contributed by atoms with E-state index >= 15 is 0 Å². The lowest BCUT2D eigenvalue weighted by molar-refractivity contribution is -0.137. The lowest BCUT2D eigenvalue weighted by Crippen LogP contribution is -2.29. The third-order valence-corrected chi connectivity index (χ3v) is 4.50. The summed E-state index contributed by atoms with van der Waals surface area (Å²) in [5.74, 6) is 0.0766. The van der Waals surface area contributed by atoms with Crippen molar-refractivity contribution in [3.8, 4) is 5.75 Å². The number of aromatic nitrogens is 3. The fourth-order valence-electron chi connectivity index (χ4n) is 2.36. The molecule has 3 aromatic rings. The van der Waals surface area contributed by atoms with Crippen molar-refractivity contribution in [1.29, 1.82) is 0 Å². The van der Waals surface area contributed by atoms with Crippen LogP contribution in [0.1, 0.15) is 17.0 Å². The normalized spacial score (nSPS) is 11.6. The summed E-state index contributed by atoms with van der Waals surface area (Å²) in [5.41, 5.74) is -0.0857. The molecular weight excluding hydrogens is 420 g/mol. The number of benzene rings is 1. The van der Waals surface area contributed by atoms with Crippen LogP contribution in [0.5, 0.6) is 5.75 Å². The number of ether oxygens (including phenoxy) is 1. The average molecular weight is 433 g/mol. The summed E-state index contributed by atoms with van der Waals surface area (Å²) >= 11 is 11.8. The van der Waals surface area contributed by atoms with Crippen LogP contribution in [-0.4, -0.2) is 27.1 Å². The number of halogens is 5. The zero-order chi connectivity index (χ0) is 20.5. The van der Waals surface area contributed by atoms with E-state index in [9.17, 15) is 18.0 Å². The fraction of sp³-hybridized carbons (Fsp3) is 0.235. The Kier molecular flexibility index (Phi) is 5.66. The van der Waals surface area contributed by atoms with Gasteiger partial charge in [-0.25, -0.2) is 0 Å². The number of rotatable bonds is 5. The standard InChI is InChI=1S/C17H13Cl2F3N4O2/c1-9-4-11(2-3-12(9)18)28-8-15(27)23-6-14-24-25-16-13(19)5-10(7-26(14)16)17(20,21)22/h2-5,7H,6,8H2,1H3,(H,23,27). The Morgan fingerprint density at radius 2 is 1.96 bits per heavy atom. The van der Waals surface area contributed by atoms with E-state index in [1.165, 1.54) is 0 Å². The lowest BCUT2D eigenvalue weighted by atomic mass is 10.2. The van der Waals surface area contributed by atoms with Crippen molar-refractivity contribution >= 4 is 34.8 Å². The largest absolute Gasteiger partial charge is 0.484 e. The van der Waals surface area contributed by atoms with Crippen molar-refractivity contribution in [2.45, 2.75) is 19.6 Å². The molecular formula is C17H13Cl2F3N4O2. The smallest absolute Gasteiger partial charge is 0.417 e. The van der Waals surface area contributed by atoms with E-state index in [0.29, 0.717) is 10.8 Å². The van der Waals surface area contributed by atoms with Gasteiger partial charge in [-0.05, 0) is 36.8 Å². The number of nitrogens with zero attached hydrogens (tertiary/aromatic N) is 3. The number of pyridine rings is 1. The molecule has 0 fully saturated rings. The molecule has 0 aliphatic rings. The van der Waals surface area contributed by atoms with Gasteiger partial charge in [0.05, 0.1) is 17.1 Å². The first-order valence-electron chi connectivity index (χ1n) is 7.91. The molecule has 0 saturated carbocycles. The van der Waals surface area contributed by atoms with Gasteiger partial charge in [-0.2, -0.15) is 13.2 Å². The summed E-state index contributed by atoms with van der Waals surface area (Å²) < 4.78 is 45.3. The van der Waals surface area contributed by atoms with E-state index in [4.69, 9.17) is 27.9 Å². The van der Waals surface area contributed by atoms with Crippen LogP contribution in [-0.2, 0) is 17.5 Å². The van der Waals surface area contributed by atoms with Gasteiger partial charge < -0.3 is 10.1 Å². The van der Waals surface area contributed by atoms with Gasteiger partial charge in [0.1, 0.15) is 5.75 Å². The molecule has 1 N–H and O–H groups in total. The van der Waals surface area contributed by atoms with E-state index in [-0.39, 0.29) is 29.6 Å². The van der Waals surface area contributed by atoms with Crippen LogP contribution >= 0.6 is 23.2 Å². The SMILES string of the molecule is Cc1cc(OCC(=O)NCc2nnc3c(Cl)cc(C(F)(F)F)cn23)ccc1Cl. The van der Waals surface area contributed by atoms with Gasteiger partial charge >= 0.3 is 6.18 Å². The minimum absolute atomic E-state index is 0.0619. The monoisotopic (exact) mass is 432 g/mol. The van der Waals surface area contributed by atoms with Crippen LogP contribution in [0.15, 0.2) is 30.5 Å². The number of nitrogens with one attached hydrogen (secondary N) is 1. The second-order valence-corrected chi connectivity index (χ2v) is 6.68. The average Bonchev–Trinajstić information content (AvgIpc) is 3.04. The van der Waals surface area contributed by atoms with Gasteiger partial charge in [0.25, 0.3) is 5.91 Å². The number of fused-ring (bicyclic) bond motifs is 1. The molecule has 3 rings (SSSR count). The topological polar surface area (TPSA) is 68.5 Å². The van der Waals surface area contributed by atoms with Gasteiger partial charge in [0.15, 0.2) is 18.1 Å². The van der Waals surface area contributed by atoms with E-state index in [1.54, 1.807) is 25.1 Å². The van der Waals surface area contributed by atoms with E-state index < -0.39 is 17.6 Å². The van der Waals surface area contributed by atoms with Crippen LogP contribution in [0.4, 0.5) is 13.2 Å². The van der Waals surface area contributed by atoms with Crippen LogP contribution in [0.2, 0.25) is 10.0 Å². The van der Waals surface area contributed by atoms with Gasteiger partial charge in [-0.3, -0.25) is 9.20 Å². The predicted octanol–water partition coefficient (Wildman–Crippen LogP) is 4.06. The summed E-state index contributed by atoms with van der Waals surface area (Å²) in [5, 5.41) is 10.4. The molecule has 2 heterocycles. The Hall–Kier alpha value is -2.52. The van der Waals surface area contributed by atoms with E-state index in [0.717, 1.165) is 22.2 Å². The number of carbonyl (C=O) groups is 1. The van der Waals surface area contributed by atoms with Crippen LogP contribution in [0.3, 0.4) is 0 Å². The number of hydrogen-bond donors (Lipinski definition) is 1. The minimum Gasteiger partial charge on any atom is -0.484 e. The van der Waals surface area contributed by atoms with E-state index in [1.807, 2.05) is 0 Å². The van der Waals surface area contributed by atoms with Crippen molar-refractivity contribution in [1.82, 2.24) is 19.9 Å². The highest BCUT2D eigenvalue weighted by Crippen LogP contribution is 2.32. The van der Waals surface area contributed by atoms with Crippen molar-refractivity contribution in [2.24, 2.45) is 0 Å². The molecule has 0 aliphatic carbocycles. The van der Waals surface area contributed by atoms with Gasteiger partial charge in [0.2, 0.25) is 0 Å². The number of aryl methyl sites for hydroxylation is 1. The Morgan fingerprint density at radius 1 is 1.21 bits per heavy atom. The van der Waals surface area contributed by atoms with Crippen LogP contribution in [0.25, 0.3) is 5.65 Å². The maximum absolute atomic E-state index is 13.0. The van der Waals surface area contributed by atoms with Crippen molar-refractivity contribution in [2.75, 3.05) is 6.61 Å². The summed E-state index contributed by atoms with van der Waals surface area (Å²) in [6.45, 7) is 1.36. The number of alkyl halides is 3. The number of carbonyl (C=O) groups excluding carboxylic acids is 1. The second-order valence-electron chi connectivity index (χ2n) is 5.86. The van der Waals surface area contributed by atoms with Crippen molar-refractivity contribution in [3.05, 3.63) is 57.5 Å². The third-order valence-electron chi connectivity index (χ3n) is 3.80. The minimum atomic E-state index is -4.58. The Balaban J connectivity index is 1.66. The maximum atomic E-state index is 13.0. The van der Waals surface area contributed by atoms with Gasteiger partial charge in [-0.1, -0.05) is 23.2 Å². The highest BCUT2D eigenvalue weighted by atomic mass is 35.5. The summed E-state index contributed by atoms with van der Waals surface area (Å²) in [6.07, 6.45) is -3.75. The molecule has 0 bridgehead atoms. The molecule has 0 saturated heterocycles. The highest BCUT2D eigenvalue weighted by Gasteiger charge is 2.32. The van der Waals surface area contributed by atoms with Crippen molar-refractivity contribution in [3.63, 3.8) is 0 Å². The quantitative estimate of drug-likeness (QED) is 0.659. The molecule has 0 atom stereocenters. The molecule has 0 spiro atoms. The third kappa shape index (κ3) is 4.48. The molecule has 0 unspecified atom stereocenters. The molecule has 1 amide bonds. The number of hydrogen-bond acceptors (Lipinski definition) is 4. The molecule has 28 heavy (non-hydrogen) atoms. The first kappa shape index (κ1) is 20.2. The summed E-state index contributed by atoms with van der Waals surface area (Å²) in [4.78, 5) is 12.0. The number of amides is 1. The molecule has 6 nitrogen and oxygen atoms in total. The zero-order valence-electron chi connectivity index (χ0n) is 14.3. The lowest BCUT2D eigenvalue weighted by Gasteiger charge is -2.10. The first-order chi connectivity index (χ1) is 13.1. The Morgan fingerprint density at radius 3 is 2.64 bits per heavy atom. The Labute approximate surface area is 167 Å². The zero-order valence-corrected chi connectivity index (χ0v) is 15.9. The van der Waals surface area contributed by atoms with Crippen molar-refractivity contribution < 1.29 is 22.7 Å². The van der Waals surface area contributed by atoms with Crippen LogP contribution < -0.4 is 10.1 Å². The molecule has 0 radical (unpaired) electrons. The van der Waals surface area contributed by atoms with Gasteiger partial charge in [-0.15, -0.1) is 10.2 Å². The molecule has 2 aromatic heterocycles. The first-order valence-corrected chi connectivity index (χ1v) is 8.67. The summed E-state index contributed by atoms with van der Waals surface area (Å²) in [6, 6.07) is 5.72. The molecule has 1 aromatic carbocycles. The molecule has 11 heteroatoms. The second kappa shape index (κ2) is 7.84.